The lowest BCUT2D eigenvalue weighted by atomic mass is 10.2. The van der Waals surface area contributed by atoms with Crippen LogP contribution < -0.4 is 11.4 Å². The number of hydrogen-bond donors (Lipinski definition) is 2. The first-order chi connectivity index (χ1) is 9.02. The summed E-state index contributed by atoms with van der Waals surface area (Å²) in [4.78, 5) is 23.5. The van der Waals surface area contributed by atoms with Crippen LogP contribution in [0.4, 0.5) is 5.69 Å². The van der Waals surface area contributed by atoms with Crippen LogP contribution in [-0.4, -0.2) is 27.8 Å². The minimum Gasteiger partial charge on any atom is -0.465 e. The second kappa shape index (κ2) is 5.19. The summed E-state index contributed by atoms with van der Waals surface area (Å²) in [6, 6.07) is 4.95. The number of H-pyrrole nitrogens is 1. The van der Waals surface area contributed by atoms with Gasteiger partial charge in [-0.1, -0.05) is 0 Å². The molecule has 0 aliphatic rings. The molecule has 0 aliphatic carbocycles. The van der Waals surface area contributed by atoms with Crippen LogP contribution in [0.1, 0.15) is 10.4 Å². The van der Waals surface area contributed by atoms with Gasteiger partial charge in [-0.25, -0.2) is 14.7 Å². The summed E-state index contributed by atoms with van der Waals surface area (Å²) in [6.45, 7) is 0. The Labute approximate surface area is 112 Å². The van der Waals surface area contributed by atoms with E-state index in [0.717, 1.165) is 4.90 Å². The van der Waals surface area contributed by atoms with Crippen molar-refractivity contribution in [3.05, 3.63) is 34.2 Å². The average Bonchev–Trinajstić information content (AvgIpc) is 2.72. The third kappa shape index (κ3) is 2.63. The normalized spacial score (nSPS) is 10.4. The predicted octanol–water partition coefficient (Wildman–Crippen LogP) is 0.628. The van der Waals surface area contributed by atoms with Crippen molar-refractivity contribution in [2.24, 2.45) is 7.05 Å². The number of hydrogen-bond acceptors (Lipinski definition) is 6. The maximum Gasteiger partial charge on any atom is 0.343 e. The summed E-state index contributed by atoms with van der Waals surface area (Å²) in [6.07, 6.45) is 0. The average molecular weight is 280 g/mol. The molecule has 0 radical (unpaired) electrons. The standard InChI is InChI=1S/C11H12N4O3S/c1-15-10(17)13-14-11(15)19-6-3-4-8(12)7(5-6)9(16)18-2/h3-5H,12H2,1-2H3,(H,13,17). The molecule has 8 heteroatoms. The molecule has 0 saturated carbocycles. The van der Waals surface area contributed by atoms with Crippen molar-refractivity contribution >= 4 is 23.4 Å². The first-order valence-electron chi connectivity index (χ1n) is 5.30. The molecule has 0 atom stereocenters. The van der Waals surface area contributed by atoms with E-state index in [-0.39, 0.29) is 11.3 Å². The van der Waals surface area contributed by atoms with E-state index < -0.39 is 5.97 Å². The number of carbonyl (C=O) groups is 1. The highest BCUT2D eigenvalue weighted by Crippen LogP contribution is 2.27. The molecule has 1 aromatic carbocycles. The number of esters is 1. The number of nitrogens with zero attached hydrogens (tertiary/aromatic N) is 2. The van der Waals surface area contributed by atoms with Gasteiger partial charge in [0.25, 0.3) is 0 Å². The van der Waals surface area contributed by atoms with Crippen molar-refractivity contribution in [1.29, 1.82) is 0 Å². The number of rotatable bonds is 3. The molecule has 0 saturated heterocycles. The number of carbonyl (C=O) groups excluding carboxylic acids is 1. The Morgan fingerprint density at radius 2 is 2.26 bits per heavy atom. The molecule has 7 nitrogen and oxygen atoms in total. The van der Waals surface area contributed by atoms with Crippen LogP contribution in [0.15, 0.2) is 33.0 Å². The van der Waals surface area contributed by atoms with Gasteiger partial charge in [0.1, 0.15) is 0 Å². The van der Waals surface area contributed by atoms with E-state index in [1.54, 1.807) is 25.2 Å². The van der Waals surface area contributed by atoms with Crippen LogP contribution in [0, 0.1) is 0 Å². The number of nitrogens with one attached hydrogen (secondary N) is 1. The first-order valence-corrected chi connectivity index (χ1v) is 6.11. The predicted molar refractivity (Wildman–Crippen MR) is 70.1 cm³/mol. The second-order valence-corrected chi connectivity index (χ2v) is 4.75. The molecule has 19 heavy (non-hydrogen) atoms. The Morgan fingerprint density at radius 3 is 2.84 bits per heavy atom. The number of nitrogens with two attached hydrogens (primary N) is 1. The van der Waals surface area contributed by atoms with Gasteiger partial charge in [0.15, 0.2) is 5.16 Å². The van der Waals surface area contributed by atoms with Gasteiger partial charge in [0, 0.05) is 17.6 Å². The van der Waals surface area contributed by atoms with Crippen LogP contribution >= 0.6 is 11.8 Å². The summed E-state index contributed by atoms with van der Waals surface area (Å²) in [5.41, 5.74) is 6.03. The Balaban J connectivity index is 2.34. The summed E-state index contributed by atoms with van der Waals surface area (Å²) in [5.74, 6) is -0.504. The zero-order chi connectivity index (χ0) is 14.0. The molecule has 0 fully saturated rings. The Kier molecular flexibility index (Phi) is 3.61. The summed E-state index contributed by atoms with van der Waals surface area (Å²) in [5, 5.41) is 6.70. The monoisotopic (exact) mass is 280 g/mol. The van der Waals surface area contributed by atoms with Gasteiger partial charge in [-0.3, -0.25) is 4.57 Å². The quantitative estimate of drug-likeness (QED) is 0.631. The van der Waals surface area contributed by atoms with Crippen LogP contribution in [0.25, 0.3) is 0 Å². The van der Waals surface area contributed by atoms with Gasteiger partial charge >= 0.3 is 11.7 Å². The minimum atomic E-state index is -0.504. The van der Waals surface area contributed by atoms with E-state index in [1.807, 2.05) is 0 Å². The number of anilines is 1. The Bertz CT molecular complexity index is 677. The molecule has 0 spiro atoms. The van der Waals surface area contributed by atoms with Crippen molar-refractivity contribution in [1.82, 2.24) is 14.8 Å². The molecule has 3 N–H and O–H groups in total. The maximum atomic E-state index is 11.5. The third-order valence-corrected chi connectivity index (χ3v) is 3.52. The molecular weight excluding hydrogens is 268 g/mol. The van der Waals surface area contributed by atoms with Gasteiger partial charge in [-0.2, -0.15) is 0 Å². The fourth-order valence-corrected chi connectivity index (χ4v) is 2.25. The topological polar surface area (TPSA) is 103 Å². The lowest BCUT2D eigenvalue weighted by Gasteiger charge is -2.06. The number of ether oxygens (including phenoxy) is 1. The van der Waals surface area contributed by atoms with Crippen molar-refractivity contribution in [3.8, 4) is 0 Å². The molecule has 100 valence electrons. The molecule has 1 aromatic heterocycles. The molecule has 2 rings (SSSR count). The van der Waals surface area contributed by atoms with Gasteiger partial charge in [0.05, 0.1) is 12.7 Å². The van der Waals surface area contributed by atoms with Crippen molar-refractivity contribution < 1.29 is 9.53 Å². The smallest absolute Gasteiger partial charge is 0.343 e. The zero-order valence-electron chi connectivity index (χ0n) is 10.3. The molecule has 1 heterocycles. The number of methoxy groups -OCH3 is 1. The maximum absolute atomic E-state index is 11.5. The molecule has 0 amide bonds. The SMILES string of the molecule is COC(=O)c1cc(Sc2n[nH]c(=O)n2C)ccc1N. The summed E-state index contributed by atoms with van der Waals surface area (Å²) in [7, 11) is 2.89. The van der Waals surface area contributed by atoms with E-state index in [9.17, 15) is 9.59 Å². The Morgan fingerprint density at radius 1 is 1.53 bits per heavy atom. The van der Waals surface area contributed by atoms with Gasteiger partial charge < -0.3 is 10.5 Å². The molecule has 0 aliphatic heterocycles. The van der Waals surface area contributed by atoms with Gasteiger partial charge in [0.2, 0.25) is 0 Å². The van der Waals surface area contributed by atoms with Crippen LogP contribution in [-0.2, 0) is 11.8 Å². The lowest BCUT2D eigenvalue weighted by Crippen LogP contribution is -2.12. The van der Waals surface area contributed by atoms with Crippen LogP contribution in [0.5, 0.6) is 0 Å². The Hall–Kier alpha value is -2.22. The van der Waals surface area contributed by atoms with E-state index in [0.29, 0.717) is 10.8 Å². The van der Waals surface area contributed by atoms with E-state index >= 15 is 0 Å². The van der Waals surface area contributed by atoms with E-state index in [4.69, 9.17) is 5.73 Å². The van der Waals surface area contributed by atoms with Gasteiger partial charge in [-0.15, -0.1) is 5.10 Å². The lowest BCUT2D eigenvalue weighted by molar-refractivity contribution is 0.0601. The molecule has 0 bridgehead atoms. The zero-order valence-corrected chi connectivity index (χ0v) is 11.2. The molecular formula is C11H12N4O3S. The largest absolute Gasteiger partial charge is 0.465 e. The number of aromatic amines is 1. The summed E-state index contributed by atoms with van der Waals surface area (Å²) >= 11 is 1.24. The van der Waals surface area contributed by atoms with Crippen LogP contribution in [0.3, 0.4) is 0 Å². The third-order valence-electron chi connectivity index (χ3n) is 2.48. The van der Waals surface area contributed by atoms with Gasteiger partial charge in [-0.05, 0) is 30.0 Å². The fraction of sp³-hybridized carbons (Fsp3) is 0.182. The van der Waals surface area contributed by atoms with Crippen LogP contribution in [0.2, 0.25) is 0 Å². The van der Waals surface area contributed by atoms with E-state index in [1.165, 1.54) is 23.4 Å². The van der Waals surface area contributed by atoms with Crippen molar-refractivity contribution in [3.63, 3.8) is 0 Å². The first kappa shape index (κ1) is 13.2. The minimum absolute atomic E-state index is 0.285. The highest BCUT2D eigenvalue weighted by Gasteiger charge is 2.13. The highest BCUT2D eigenvalue weighted by molar-refractivity contribution is 7.99. The van der Waals surface area contributed by atoms with E-state index in [2.05, 4.69) is 14.9 Å². The highest BCUT2D eigenvalue weighted by atomic mass is 32.2. The number of nitrogen functional groups attached to an aromatic ring is 1. The van der Waals surface area contributed by atoms with Crippen molar-refractivity contribution in [2.45, 2.75) is 10.1 Å². The molecule has 2 aromatic rings. The second-order valence-electron chi connectivity index (χ2n) is 3.71. The number of aromatic nitrogens is 3. The summed E-state index contributed by atoms with van der Waals surface area (Å²) < 4.78 is 6.02. The molecule has 0 unspecified atom stereocenters. The number of benzene rings is 1. The van der Waals surface area contributed by atoms with Crippen molar-refractivity contribution in [2.75, 3.05) is 12.8 Å². The fourth-order valence-electron chi connectivity index (χ4n) is 1.41.